The summed E-state index contributed by atoms with van der Waals surface area (Å²) in [5.41, 5.74) is -1.21. The van der Waals surface area contributed by atoms with Crippen molar-refractivity contribution in [2.75, 3.05) is 14.1 Å². The summed E-state index contributed by atoms with van der Waals surface area (Å²) in [6, 6.07) is 1.30. The highest BCUT2D eigenvalue weighted by Gasteiger charge is 2.65. The van der Waals surface area contributed by atoms with Crippen LogP contribution in [-0.4, -0.2) is 73.6 Å². The first kappa shape index (κ1) is 23.2. The lowest BCUT2D eigenvalue weighted by Crippen LogP contribution is -2.65. The number of phenolic OH excluding ortho intramolecular Hbond substituents is 1. The normalized spacial score (nSPS) is 33.7. The summed E-state index contributed by atoms with van der Waals surface area (Å²) in [6.45, 7) is 1.34. The number of phenols is 1. The van der Waals surface area contributed by atoms with E-state index in [-0.39, 0.29) is 22.6 Å². The molecule has 0 aromatic heterocycles. The fourth-order valence-electron chi connectivity index (χ4n) is 5.59. The third-order valence-electron chi connectivity index (χ3n) is 7.07. The van der Waals surface area contributed by atoms with E-state index in [1.807, 2.05) is 0 Å². The minimum atomic E-state index is -2.78. The topological polar surface area (TPSA) is 182 Å². The Morgan fingerprint density at radius 1 is 1.18 bits per heavy atom. The summed E-state index contributed by atoms with van der Waals surface area (Å²) in [6.07, 6.45) is -0.259. The maximum absolute atomic E-state index is 13.4. The van der Waals surface area contributed by atoms with E-state index >= 15 is 0 Å². The van der Waals surface area contributed by atoms with Crippen molar-refractivity contribution in [2.24, 2.45) is 17.6 Å². The number of hydrogen-bond donors (Lipinski definition) is 6. The Hall–Kier alpha value is -2.92. The second kappa shape index (κ2) is 7.04. The number of carbonyl (C=O) groups excluding carboxylic acids is 3. The van der Waals surface area contributed by atoms with E-state index in [2.05, 4.69) is 0 Å². The molecule has 4 unspecified atom stereocenters. The smallest absolute Gasteiger partial charge is 0.255 e. The Labute approximate surface area is 193 Å². The zero-order chi connectivity index (χ0) is 24.8. The molecule has 1 aromatic carbocycles. The summed E-state index contributed by atoms with van der Waals surface area (Å²) in [7, 11) is 3.03. The van der Waals surface area contributed by atoms with Crippen LogP contribution < -0.4 is 5.73 Å². The second-order valence-electron chi connectivity index (χ2n) is 9.08. The molecular weight excluding hydrogens is 456 g/mol. The van der Waals surface area contributed by atoms with Crippen molar-refractivity contribution in [2.45, 2.75) is 30.6 Å². The lowest BCUT2D eigenvalue weighted by Gasteiger charge is -2.52. The van der Waals surface area contributed by atoms with Crippen LogP contribution in [0.5, 0.6) is 5.75 Å². The number of primary amides is 1. The standard InChI is InChI=1S/C22H23ClN2O8/c1-21(32)7-6-8-15(25(2)3)17(28)13(20(24)31)19(30)22(8,33)18(29)11(7)16(27)12-10(26)5-4-9(23)14(12)21/h4-5,7-8,15,26,28-29,32-33H,6H2,1-3H3,(H2,24,31)/t7?,8?,15-,21?,22?/m1/s1. The molecule has 3 aliphatic rings. The second-order valence-corrected chi connectivity index (χ2v) is 9.49. The first-order valence-corrected chi connectivity index (χ1v) is 10.5. The first-order valence-electron chi connectivity index (χ1n) is 10.1. The minimum absolute atomic E-state index is 0.00293. The van der Waals surface area contributed by atoms with Crippen molar-refractivity contribution in [1.82, 2.24) is 4.90 Å². The Bertz CT molecular complexity index is 1200. The lowest BCUT2D eigenvalue weighted by molar-refractivity contribution is -0.151. The number of fused-ring (bicyclic) bond motifs is 3. The molecule has 11 heteroatoms. The van der Waals surface area contributed by atoms with Gasteiger partial charge < -0.3 is 31.3 Å². The number of amides is 1. The van der Waals surface area contributed by atoms with E-state index in [0.717, 1.165) is 6.07 Å². The highest BCUT2D eigenvalue weighted by molar-refractivity contribution is 6.33. The van der Waals surface area contributed by atoms with Crippen LogP contribution in [0, 0.1) is 11.8 Å². The number of nitrogens with two attached hydrogens (primary N) is 1. The van der Waals surface area contributed by atoms with Crippen molar-refractivity contribution < 1.29 is 39.9 Å². The maximum Gasteiger partial charge on any atom is 0.255 e. The van der Waals surface area contributed by atoms with E-state index in [4.69, 9.17) is 17.3 Å². The molecule has 0 aliphatic heterocycles. The molecule has 1 amide bonds. The number of Topliss-reactive ketones (excluding diaryl/α,β-unsaturated/α-hetero) is 2. The number of carbonyl (C=O) groups is 3. The molecule has 33 heavy (non-hydrogen) atoms. The third kappa shape index (κ3) is 2.75. The van der Waals surface area contributed by atoms with Crippen LogP contribution in [0.1, 0.15) is 29.3 Å². The highest BCUT2D eigenvalue weighted by atomic mass is 35.5. The number of aliphatic hydroxyl groups excluding tert-OH is 2. The molecule has 0 spiro atoms. The average molecular weight is 479 g/mol. The van der Waals surface area contributed by atoms with Gasteiger partial charge in [-0.3, -0.25) is 19.3 Å². The van der Waals surface area contributed by atoms with E-state index in [1.165, 1.54) is 32.0 Å². The molecule has 176 valence electrons. The lowest BCUT2D eigenvalue weighted by atomic mass is 9.55. The Morgan fingerprint density at radius 3 is 2.33 bits per heavy atom. The van der Waals surface area contributed by atoms with Crippen molar-refractivity contribution in [3.05, 3.63) is 50.9 Å². The highest BCUT2D eigenvalue weighted by Crippen LogP contribution is 2.57. The van der Waals surface area contributed by atoms with Crippen LogP contribution in [0.2, 0.25) is 5.02 Å². The molecule has 0 heterocycles. The number of rotatable bonds is 2. The van der Waals surface area contributed by atoms with E-state index in [9.17, 15) is 39.9 Å². The first-order chi connectivity index (χ1) is 15.2. The van der Waals surface area contributed by atoms with E-state index in [0.29, 0.717) is 0 Å². The van der Waals surface area contributed by atoms with E-state index < -0.39 is 75.0 Å². The summed E-state index contributed by atoms with van der Waals surface area (Å²) < 4.78 is 0. The van der Waals surface area contributed by atoms with Crippen LogP contribution in [0.15, 0.2) is 34.8 Å². The van der Waals surface area contributed by atoms with Gasteiger partial charge in [0.05, 0.1) is 17.2 Å². The van der Waals surface area contributed by atoms with Crippen molar-refractivity contribution in [3.63, 3.8) is 0 Å². The molecule has 7 N–H and O–H groups in total. The van der Waals surface area contributed by atoms with Gasteiger partial charge in [0.1, 0.15) is 22.8 Å². The number of nitrogens with zero attached hydrogens (tertiary/aromatic N) is 1. The molecule has 0 saturated heterocycles. The quantitative estimate of drug-likeness (QED) is 0.328. The SMILES string of the molecule is CN(C)[C@H]1C(O)=C(C(N)=O)C(=O)C2(O)C(O)=C3C(=O)c4c(O)ccc(Cl)c4C(C)(O)C3CC12. The van der Waals surface area contributed by atoms with E-state index in [1.54, 1.807) is 0 Å². The van der Waals surface area contributed by atoms with Gasteiger partial charge in [-0.15, -0.1) is 0 Å². The fourth-order valence-corrected chi connectivity index (χ4v) is 5.93. The molecule has 4 rings (SSSR count). The summed E-state index contributed by atoms with van der Waals surface area (Å²) in [4.78, 5) is 40.0. The van der Waals surface area contributed by atoms with Crippen LogP contribution in [0.25, 0.3) is 0 Å². The van der Waals surface area contributed by atoms with Gasteiger partial charge in [0, 0.05) is 28.0 Å². The molecule has 1 aromatic rings. The van der Waals surface area contributed by atoms with Gasteiger partial charge in [-0.2, -0.15) is 0 Å². The van der Waals surface area contributed by atoms with Gasteiger partial charge in [0.15, 0.2) is 11.4 Å². The Morgan fingerprint density at radius 2 is 1.79 bits per heavy atom. The predicted octanol–water partition coefficient (Wildman–Crippen LogP) is 0.439. The molecule has 0 bridgehead atoms. The predicted molar refractivity (Wildman–Crippen MR) is 115 cm³/mol. The summed E-state index contributed by atoms with van der Waals surface area (Å²) in [5.74, 6) is -8.29. The van der Waals surface area contributed by atoms with Crippen LogP contribution in [-0.2, 0) is 15.2 Å². The molecule has 0 saturated carbocycles. The number of halogens is 1. The van der Waals surface area contributed by atoms with Gasteiger partial charge in [-0.05, 0) is 39.6 Å². The molecule has 0 fully saturated rings. The number of likely N-dealkylation sites (N-methyl/N-ethyl adjacent to an activating group) is 1. The Kier molecular flexibility index (Phi) is 4.96. The summed E-state index contributed by atoms with van der Waals surface area (Å²) in [5, 5.41) is 55.3. The zero-order valence-corrected chi connectivity index (χ0v) is 18.7. The Balaban J connectivity index is 2.07. The largest absolute Gasteiger partial charge is 0.510 e. The monoisotopic (exact) mass is 478 g/mol. The van der Waals surface area contributed by atoms with Crippen LogP contribution in [0.3, 0.4) is 0 Å². The number of hydrogen-bond acceptors (Lipinski definition) is 9. The fraction of sp³-hybridized carbons (Fsp3) is 0.409. The number of aromatic hydroxyl groups is 1. The molecule has 0 radical (unpaired) electrons. The van der Waals surface area contributed by atoms with Crippen molar-refractivity contribution >= 4 is 29.1 Å². The van der Waals surface area contributed by atoms with Gasteiger partial charge in [-0.1, -0.05) is 11.6 Å². The van der Waals surface area contributed by atoms with Crippen LogP contribution in [0.4, 0.5) is 0 Å². The van der Waals surface area contributed by atoms with Crippen molar-refractivity contribution in [3.8, 4) is 5.75 Å². The maximum atomic E-state index is 13.4. The van der Waals surface area contributed by atoms with Crippen molar-refractivity contribution in [1.29, 1.82) is 0 Å². The number of aliphatic hydroxyl groups is 4. The van der Waals surface area contributed by atoms with Gasteiger partial charge >= 0.3 is 0 Å². The third-order valence-corrected chi connectivity index (χ3v) is 7.39. The van der Waals surface area contributed by atoms with Crippen LogP contribution >= 0.6 is 11.6 Å². The van der Waals surface area contributed by atoms with Gasteiger partial charge in [-0.25, -0.2) is 0 Å². The summed E-state index contributed by atoms with van der Waals surface area (Å²) >= 11 is 6.26. The average Bonchev–Trinajstić information content (AvgIpc) is 2.69. The van der Waals surface area contributed by atoms with Gasteiger partial charge in [0.25, 0.3) is 5.91 Å². The number of benzene rings is 1. The molecule has 10 nitrogen and oxygen atoms in total. The molecular formula is C22H23ClN2O8. The minimum Gasteiger partial charge on any atom is -0.510 e. The molecule has 5 atom stereocenters. The van der Waals surface area contributed by atoms with Gasteiger partial charge in [0.2, 0.25) is 5.78 Å². The number of ketones is 2. The zero-order valence-electron chi connectivity index (χ0n) is 18.0. The molecule has 3 aliphatic carbocycles.